The summed E-state index contributed by atoms with van der Waals surface area (Å²) in [4.78, 5) is 14.0. The Morgan fingerprint density at radius 2 is 2.10 bits per heavy atom. The zero-order chi connectivity index (χ0) is 20.8. The molecule has 29 heavy (non-hydrogen) atoms. The first kappa shape index (κ1) is 20.3. The van der Waals surface area contributed by atoms with E-state index in [9.17, 15) is 9.18 Å². The van der Waals surface area contributed by atoms with Crippen LogP contribution < -0.4 is 20.5 Å². The lowest BCUT2D eigenvalue weighted by molar-refractivity contribution is 0.280. The zero-order valence-corrected chi connectivity index (χ0v) is 16.3. The van der Waals surface area contributed by atoms with Crippen molar-refractivity contribution in [3.8, 4) is 11.5 Å². The average Bonchev–Trinajstić information content (AvgIpc) is 2.71. The summed E-state index contributed by atoms with van der Waals surface area (Å²) in [6.45, 7) is 1.51. The second kappa shape index (κ2) is 9.16. The van der Waals surface area contributed by atoms with Crippen molar-refractivity contribution >= 4 is 23.8 Å². The highest BCUT2D eigenvalue weighted by Gasteiger charge is 2.10. The van der Waals surface area contributed by atoms with Gasteiger partial charge in [0.25, 0.3) is 5.56 Å². The molecular formula is C19H17ClFN5O3. The summed E-state index contributed by atoms with van der Waals surface area (Å²) in [6, 6.07) is 9.53. The lowest BCUT2D eigenvalue weighted by Crippen LogP contribution is -2.15. The Balaban J connectivity index is 1.69. The number of nitrogens with zero attached hydrogens (tertiary/aromatic N) is 3. The Hall–Kier alpha value is -3.46. The number of methoxy groups -OCH3 is 1. The fourth-order valence-electron chi connectivity index (χ4n) is 2.32. The molecular weight excluding hydrogens is 401 g/mol. The first-order valence-electron chi connectivity index (χ1n) is 8.44. The van der Waals surface area contributed by atoms with Gasteiger partial charge >= 0.3 is 0 Å². The van der Waals surface area contributed by atoms with Crippen LogP contribution in [0, 0.1) is 12.7 Å². The molecule has 2 aromatic carbocycles. The summed E-state index contributed by atoms with van der Waals surface area (Å²) in [5.41, 5.74) is 3.45. The van der Waals surface area contributed by atoms with Gasteiger partial charge in [0.05, 0.1) is 18.3 Å². The third kappa shape index (κ3) is 5.08. The Bertz CT molecular complexity index is 1080. The smallest absolute Gasteiger partial charge is 0.274 e. The third-order valence-corrected chi connectivity index (χ3v) is 4.22. The van der Waals surface area contributed by atoms with Crippen molar-refractivity contribution in [1.29, 1.82) is 0 Å². The molecule has 0 aliphatic heterocycles. The molecule has 0 saturated heterocycles. The van der Waals surface area contributed by atoms with Gasteiger partial charge in [-0.1, -0.05) is 17.7 Å². The predicted octanol–water partition coefficient (Wildman–Crippen LogP) is 3.30. The van der Waals surface area contributed by atoms with E-state index in [0.717, 1.165) is 0 Å². The number of H-pyrrole nitrogens is 1. The monoisotopic (exact) mass is 417 g/mol. The SMILES string of the molecule is COc1cc(/C=N/Nc2nnc(C)c(=O)[nH]2)ccc1OCc1c(F)cccc1Cl. The first-order valence-corrected chi connectivity index (χ1v) is 8.82. The summed E-state index contributed by atoms with van der Waals surface area (Å²) in [5, 5.41) is 11.7. The maximum atomic E-state index is 13.9. The number of rotatable bonds is 7. The van der Waals surface area contributed by atoms with E-state index in [2.05, 4.69) is 25.7 Å². The number of hydrazone groups is 1. The van der Waals surface area contributed by atoms with E-state index in [0.29, 0.717) is 17.1 Å². The van der Waals surface area contributed by atoms with Gasteiger partial charge in [-0.3, -0.25) is 9.78 Å². The molecule has 3 aromatic rings. The van der Waals surface area contributed by atoms with Gasteiger partial charge in [0.2, 0.25) is 5.95 Å². The van der Waals surface area contributed by atoms with Crippen LogP contribution in [0.1, 0.15) is 16.8 Å². The molecule has 0 spiro atoms. The molecule has 1 heterocycles. The van der Waals surface area contributed by atoms with Gasteiger partial charge in [-0.2, -0.15) is 5.10 Å². The highest BCUT2D eigenvalue weighted by atomic mass is 35.5. The van der Waals surface area contributed by atoms with E-state index >= 15 is 0 Å². The van der Waals surface area contributed by atoms with Crippen molar-refractivity contribution < 1.29 is 13.9 Å². The van der Waals surface area contributed by atoms with Gasteiger partial charge in [0, 0.05) is 5.56 Å². The number of aromatic nitrogens is 3. The number of benzene rings is 2. The number of halogens is 2. The van der Waals surface area contributed by atoms with Crippen molar-refractivity contribution in [2.45, 2.75) is 13.5 Å². The number of nitrogens with one attached hydrogen (secondary N) is 2. The maximum Gasteiger partial charge on any atom is 0.274 e. The van der Waals surface area contributed by atoms with E-state index in [1.807, 2.05) is 0 Å². The molecule has 0 atom stereocenters. The number of hydrogen-bond donors (Lipinski definition) is 2. The summed E-state index contributed by atoms with van der Waals surface area (Å²) in [5.74, 6) is 0.532. The molecule has 0 saturated carbocycles. The molecule has 0 aliphatic rings. The highest BCUT2D eigenvalue weighted by Crippen LogP contribution is 2.29. The van der Waals surface area contributed by atoms with Crippen LogP contribution >= 0.6 is 11.6 Å². The van der Waals surface area contributed by atoms with Crippen molar-refractivity contribution in [3.63, 3.8) is 0 Å². The average molecular weight is 418 g/mol. The van der Waals surface area contributed by atoms with Crippen LogP contribution in [-0.2, 0) is 6.61 Å². The Morgan fingerprint density at radius 1 is 1.28 bits per heavy atom. The number of hydrogen-bond acceptors (Lipinski definition) is 7. The number of aromatic amines is 1. The largest absolute Gasteiger partial charge is 0.493 e. The van der Waals surface area contributed by atoms with Gasteiger partial charge in [-0.15, -0.1) is 10.2 Å². The summed E-state index contributed by atoms with van der Waals surface area (Å²) in [6.07, 6.45) is 1.50. The van der Waals surface area contributed by atoms with E-state index < -0.39 is 5.82 Å². The van der Waals surface area contributed by atoms with Crippen LogP contribution in [0.3, 0.4) is 0 Å². The third-order valence-electron chi connectivity index (χ3n) is 3.87. The van der Waals surface area contributed by atoms with Gasteiger partial charge in [0.15, 0.2) is 11.5 Å². The van der Waals surface area contributed by atoms with Gasteiger partial charge in [-0.05, 0) is 42.8 Å². The standard InChI is InChI=1S/C19H17ClFN5O3/c1-11-18(27)23-19(26-24-11)25-22-9-12-6-7-16(17(8-12)28-2)29-10-13-14(20)4-3-5-15(13)21/h3-9H,10H2,1-2H3,(H2,23,25,26,27)/b22-9+. The highest BCUT2D eigenvalue weighted by molar-refractivity contribution is 6.31. The molecule has 0 bridgehead atoms. The van der Waals surface area contributed by atoms with E-state index in [4.69, 9.17) is 21.1 Å². The van der Waals surface area contributed by atoms with E-state index in [1.165, 1.54) is 25.5 Å². The van der Waals surface area contributed by atoms with E-state index in [1.54, 1.807) is 31.2 Å². The fraction of sp³-hybridized carbons (Fsp3) is 0.158. The summed E-state index contributed by atoms with van der Waals surface area (Å²) < 4.78 is 24.9. The Morgan fingerprint density at radius 3 is 2.83 bits per heavy atom. The lowest BCUT2D eigenvalue weighted by atomic mass is 10.2. The molecule has 150 valence electrons. The second-order valence-corrected chi connectivity index (χ2v) is 6.26. The fourth-order valence-corrected chi connectivity index (χ4v) is 2.53. The van der Waals surface area contributed by atoms with Crippen LogP contribution in [-0.4, -0.2) is 28.5 Å². The molecule has 0 fully saturated rings. The van der Waals surface area contributed by atoms with E-state index in [-0.39, 0.29) is 34.4 Å². The first-order chi connectivity index (χ1) is 14.0. The van der Waals surface area contributed by atoms with Gasteiger partial charge in [0.1, 0.15) is 18.1 Å². The van der Waals surface area contributed by atoms with Crippen molar-refractivity contribution in [1.82, 2.24) is 15.2 Å². The van der Waals surface area contributed by atoms with Gasteiger partial charge in [-0.25, -0.2) is 9.82 Å². The molecule has 10 heteroatoms. The Kier molecular flexibility index (Phi) is 6.40. The molecule has 2 N–H and O–H groups in total. The maximum absolute atomic E-state index is 13.9. The van der Waals surface area contributed by atoms with Crippen LogP contribution in [0.15, 0.2) is 46.3 Å². The number of ether oxygens (including phenoxy) is 2. The molecule has 0 amide bonds. The van der Waals surface area contributed by atoms with Gasteiger partial charge < -0.3 is 9.47 Å². The van der Waals surface area contributed by atoms with Crippen molar-refractivity contribution in [2.75, 3.05) is 12.5 Å². The summed E-state index contributed by atoms with van der Waals surface area (Å²) >= 11 is 6.01. The minimum Gasteiger partial charge on any atom is -0.493 e. The summed E-state index contributed by atoms with van der Waals surface area (Å²) in [7, 11) is 1.49. The van der Waals surface area contributed by atoms with Crippen LogP contribution in [0.2, 0.25) is 5.02 Å². The minimum absolute atomic E-state index is 0.0453. The molecule has 8 nitrogen and oxygen atoms in total. The number of anilines is 1. The molecule has 0 radical (unpaired) electrons. The molecule has 0 aliphatic carbocycles. The van der Waals surface area contributed by atoms with Crippen LogP contribution in [0.4, 0.5) is 10.3 Å². The molecule has 3 rings (SSSR count). The quantitative estimate of drug-likeness (QED) is 0.452. The second-order valence-electron chi connectivity index (χ2n) is 5.86. The van der Waals surface area contributed by atoms with Crippen LogP contribution in [0.5, 0.6) is 11.5 Å². The minimum atomic E-state index is -0.441. The topological polar surface area (TPSA) is 101 Å². The zero-order valence-electron chi connectivity index (χ0n) is 15.6. The van der Waals surface area contributed by atoms with Crippen LogP contribution in [0.25, 0.3) is 0 Å². The molecule has 1 aromatic heterocycles. The Labute approximate surface area is 170 Å². The van der Waals surface area contributed by atoms with Crippen molar-refractivity contribution in [2.24, 2.45) is 5.10 Å². The molecule has 0 unspecified atom stereocenters. The predicted molar refractivity (Wildman–Crippen MR) is 107 cm³/mol. The lowest BCUT2D eigenvalue weighted by Gasteiger charge is -2.12. The normalized spacial score (nSPS) is 10.9. The van der Waals surface area contributed by atoms with Crippen molar-refractivity contribution in [3.05, 3.63) is 74.4 Å². The number of aryl methyl sites for hydroxylation is 1.